The molecule has 0 fully saturated rings. The molecule has 7 nitrogen and oxygen atoms in total. The molecule has 7 heteroatoms. The van der Waals surface area contributed by atoms with Gasteiger partial charge in [0.1, 0.15) is 0 Å². The number of hydrogen-bond acceptors (Lipinski definition) is 6. The molecule has 0 bridgehead atoms. The Balaban J connectivity index is 1.52. The van der Waals surface area contributed by atoms with E-state index in [-0.39, 0.29) is 12.7 Å². The van der Waals surface area contributed by atoms with E-state index in [1.807, 2.05) is 38.4 Å². The molecule has 1 aromatic heterocycles. The fraction of sp³-hybridized carbons (Fsp3) is 0.368. The van der Waals surface area contributed by atoms with Crippen molar-refractivity contribution in [3.05, 3.63) is 47.8 Å². The lowest BCUT2D eigenvalue weighted by Crippen LogP contribution is -2.23. The molecule has 1 aliphatic rings. The van der Waals surface area contributed by atoms with Gasteiger partial charge >= 0.3 is 0 Å². The van der Waals surface area contributed by atoms with Crippen molar-refractivity contribution >= 4 is 11.6 Å². The highest BCUT2D eigenvalue weighted by molar-refractivity contribution is 5.94. The number of nitrogens with zero attached hydrogens (tertiary/aromatic N) is 2. The number of carbonyl (C=O) groups excluding carboxylic acids is 1. The molecule has 0 spiro atoms. The molecular weight excluding hydrogens is 332 g/mol. The molecule has 1 amide bonds. The first-order valence-electron chi connectivity index (χ1n) is 8.62. The van der Waals surface area contributed by atoms with Crippen LogP contribution in [0.25, 0.3) is 0 Å². The summed E-state index contributed by atoms with van der Waals surface area (Å²) < 4.78 is 10.6. The van der Waals surface area contributed by atoms with Crippen molar-refractivity contribution in [2.75, 3.05) is 39.3 Å². The zero-order valence-electron chi connectivity index (χ0n) is 15.1. The van der Waals surface area contributed by atoms with E-state index >= 15 is 0 Å². The van der Waals surface area contributed by atoms with Gasteiger partial charge in [0.05, 0.1) is 11.3 Å². The predicted molar refractivity (Wildman–Crippen MR) is 99.6 cm³/mol. The summed E-state index contributed by atoms with van der Waals surface area (Å²) in [6, 6.07) is 7.46. The maximum absolute atomic E-state index is 12.4. The molecule has 0 unspecified atom stereocenters. The molecule has 2 heterocycles. The average Bonchev–Trinajstić information content (AvgIpc) is 3.11. The van der Waals surface area contributed by atoms with Crippen LogP contribution in [0.1, 0.15) is 22.3 Å². The lowest BCUT2D eigenvalue weighted by atomic mass is 10.2. The molecular formula is C19H24N4O3. The fourth-order valence-electron chi connectivity index (χ4n) is 2.62. The molecule has 3 rings (SSSR count). The summed E-state index contributed by atoms with van der Waals surface area (Å²) in [5, 5.41) is 6.20. The average molecular weight is 356 g/mol. The Hall–Kier alpha value is -2.80. The molecule has 0 saturated heterocycles. The van der Waals surface area contributed by atoms with Gasteiger partial charge in [0.2, 0.25) is 6.79 Å². The maximum Gasteiger partial charge on any atom is 0.253 e. The third-order valence-electron chi connectivity index (χ3n) is 4.00. The summed E-state index contributed by atoms with van der Waals surface area (Å²) in [7, 11) is 4.10. The Morgan fingerprint density at radius 3 is 2.88 bits per heavy atom. The highest BCUT2D eigenvalue weighted by Crippen LogP contribution is 2.32. The Bertz CT molecular complexity index is 764. The van der Waals surface area contributed by atoms with Crippen LogP contribution in [-0.2, 0) is 6.54 Å². The quantitative estimate of drug-likeness (QED) is 0.706. The van der Waals surface area contributed by atoms with Crippen molar-refractivity contribution in [1.82, 2.24) is 15.2 Å². The summed E-state index contributed by atoms with van der Waals surface area (Å²) >= 11 is 0. The second-order valence-corrected chi connectivity index (χ2v) is 6.42. The van der Waals surface area contributed by atoms with Crippen LogP contribution in [0.4, 0.5) is 5.69 Å². The summed E-state index contributed by atoms with van der Waals surface area (Å²) in [6.07, 6.45) is 4.32. The fourth-order valence-corrected chi connectivity index (χ4v) is 2.62. The van der Waals surface area contributed by atoms with Crippen LogP contribution in [0, 0.1) is 0 Å². The second kappa shape index (κ2) is 8.53. The largest absolute Gasteiger partial charge is 0.454 e. The molecule has 26 heavy (non-hydrogen) atoms. The minimum absolute atomic E-state index is 0.160. The van der Waals surface area contributed by atoms with E-state index in [1.54, 1.807) is 12.4 Å². The highest BCUT2D eigenvalue weighted by Gasteiger charge is 2.14. The third kappa shape index (κ3) is 4.86. The maximum atomic E-state index is 12.4. The standard InChI is InChI=1S/C19H24N4O3/c1-23(2)7-3-6-21-16-9-15(11-20-12-16)19(24)22-10-14-4-5-17-18(8-14)26-13-25-17/h4-5,8-9,11-12,21H,3,6-7,10,13H2,1-2H3,(H,22,24). The molecule has 2 aromatic rings. The van der Waals surface area contributed by atoms with Gasteiger partial charge in [0.25, 0.3) is 5.91 Å². The number of anilines is 1. The Labute approximate surface area is 153 Å². The van der Waals surface area contributed by atoms with Crippen LogP contribution in [-0.4, -0.2) is 49.8 Å². The van der Waals surface area contributed by atoms with Gasteiger partial charge in [-0.2, -0.15) is 0 Å². The highest BCUT2D eigenvalue weighted by atomic mass is 16.7. The van der Waals surface area contributed by atoms with Gasteiger partial charge in [-0.3, -0.25) is 9.78 Å². The zero-order valence-corrected chi connectivity index (χ0v) is 15.1. The number of hydrogen-bond donors (Lipinski definition) is 2. The van der Waals surface area contributed by atoms with Crippen LogP contribution in [0.2, 0.25) is 0 Å². The molecule has 0 aliphatic carbocycles. The molecule has 2 N–H and O–H groups in total. The molecule has 0 atom stereocenters. The molecule has 0 saturated carbocycles. The lowest BCUT2D eigenvalue weighted by Gasteiger charge is -2.11. The minimum Gasteiger partial charge on any atom is -0.454 e. The van der Waals surface area contributed by atoms with E-state index in [0.717, 1.165) is 36.5 Å². The number of amides is 1. The van der Waals surface area contributed by atoms with Crippen LogP contribution >= 0.6 is 0 Å². The summed E-state index contributed by atoms with van der Waals surface area (Å²) in [6.45, 7) is 2.50. The number of pyridine rings is 1. The number of carbonyl (C=O) groups is 1. The first-order valence-corrected chi connectivity index (χ1v) is 8.62. The van der Waals surface area contributed by atoms with Gasteiger partial charge < -0.3 is 25.0 Å². The van der Waals surface area contributed by atoms with Crippen molar-refractivity contribution in [3.8, 4) is 11.5 Å². The lowest BCUT2D eigenvalue weighted by molar-refractivity contribution is 0.0950. The summed E-state index contributed by atoms with van der Waals surface area (Å²) in [5.41, 5.74) is 2.33. The number of rotatable bonds is 8. The zero-order chi connectivity index (χ0) is 18.4. The monoisotopic (exact) mass is 356 g/mol. The molecule has 1 aliphatic heterocycles. The second-order valence-electron chi connectivity index (χ2n) is 6.42. The Morgan fingerprint density at radius 1 is 1.19 bits per heavy atom. The first-order chi connectivity index (χ1) is 12.6. The van der Waals surface area contributed by atoms with Crippen LogP contribution in [0.3, 0.4) is 0 Å². The van der Waals surface area contributed by atoms with Gasteiger partial charge in [-0.25, -0.2) is 0 Å². The number of aromatic nitrogens is 1. The van der Waals surface area contributed by atoms with Gasteiger partial charge in [0, 0.05) is 25.5 Å². The van der Waals surface area contributed by atoms with Crippen molar-refractivity contribution in [1.29, 1.82) is 0 Å². The smallest absolute Gasteiger partial charge is 0.253 e. The van der Waals surface area contributed by atoms with E-state index in [4.69, 9.17) is 9.47 Å². The first kappa shape index (κ1) is 18.0. The van der Waals surface area contributed by atoms with E-state index in [1.165, 1.54) is 0 Å². The normalized spacial score (nSPS) is 12.3. The van der Waals surface area contributed by atoms with Crippen LogP contribution in [0.5, 0.6) is 11.5 Å². The SMILES string of the molecule is CN(C)CCCNc1cncc(C(=O)NCc2ccc3c(c2)OCO3)c1. The van der Waals surface area contributed by atoms with Crippen molar-refractivity contribution in [3.63, 3.8) is 0 Å². The topological polar surface area (TPSA) is 75.7 Å². The molecule has 1 aromatic carbocycles. The van der Waals surface area contributed by atoms with Gasteiger partial charge in [-0.1, -0.05) is 6.07 Å². The minimum atomic E-state index is -0.160. The number of benzene rings is 1. The van der Waals surface area contributed by atoms with Gasteiger partial charge in [-0.05, 0) is 50.8 Å². The van der Waals surface area contributed by atoms with Gasteiger partial charge in [-0.15, -0.1) is 0 Å². The summed E-state index contributed by atoms with van der Waals surface area (Å²) in [4.78, 5) is 18.7. The Morgan fingerprint density at radius 2 is 2.04 bits per heavy atom. The van der Waals surface area contributed by atoms with E-state index in [9.17, 15) is 4.79 Å². The van der Waals surface area contributed by atoms with Crippen molar-refractivity contribution in [2.45, 2.75) is 13.0 Å². The third-order valence-corrected chi connectivity index (χ3v) is 4.00. The molecule has 0 radical (unpaired) electrons. The number of ether oxygens (including phenoxy) is 2. The van der Waals surface area contributed by atoms with Crippen LogP contribution in [0.15, 0.2) is 36.7 Å². The van der Waals surface area contributed by atoms with E-state index < -0.39 is 0 Å². The van der Waals surface area contributed by atoms with E-state index in [0.29, 0.717) is 17.9 Å². The number of fused-ring (bicyclic) bond motifs is 1. The van der Waals surface area contributed by atoms with Crippen LogP contribution < -0.4 is 20.1 Å². The van der Waals surface area contributed by atoms with Crippen molar-refractivity contribution < 1.29 is 14.3 Å². The Kier molecular flexibility index (Phi) is 5.91. The summed E-state index contributed by atoms with van der Waals surface area (Å²) in [5.74, 6) is 1.28. The van der Waals surface area contributed by atoms with Gasteiger partial charge in [0.15, 0.2) is 11.5 Å². The van der Waals surface area contributed by atoms with Crippen molar-refractivity contribution in [2.24, 2.45) is 0 Å². The molecule has 138 valence electrons. The van der Waals surface area contributed by atoms with E-state index in [2.05, 4.69) is 20.5 Å². The number of nitrogens with one attached hydrogen (secondary N) is 2. The predicted octanol–water partition coefficient (Wildman–Crippen LogP) is 2.10.